The maximum absolute atomic E-state index is 11.1. The highest BCUT2D eigenvalue weighted by molar-refractivity contribution is 14.0. The quantitative estimate of drug-likeness (QED) is 0.261. The Morgan fingerprint density at radius 2 is 1.86 bits per heavy atom. The Bertz CT molecular complexity index is 407. The molecule has 0 aromatic rings. The second kappa shape index (κ2) is 12.4. The lowest BCUT2D eigenvalue weighted by Gasteiger charge is -2.20. The van der Waals surface area contributed by atoms with Gasteiger partial charge in [-0.05, 0) is 25.7 Å². The lowest BCUT2D eigenvalue weighted by Crippen LogP contribution is -2.39. The Morgan fingerprint density at radius 1 is 1.18 bits per heavy atom. The van der Waals surface area contributed by atoms with E-state index in [0.29, 0.717) is 6.54 Å². The lowest BCUT2D eigenvalue weighted by atomic mass is 9.86. The molecule has 0 aliphatic heterocycles. The van der Waals surface area contributed by atoms with Gasteiger partial charge in [-0.25, -0.2) is 8.42 Å². The maximum atomic E-state index is 11.1. The number of guanidine groups is 1. The van der Waals surface area contributed by atoms with Gasteiger partial charge in [0.1, 0.15) is 9.84 Å². The second-order valence-electron chi connectivity index (χ2n) is 5.96. The van der Waals surface area contributed by atoms with Crippen LogP contribution in [0.15, 0.2) is 4.99 Å². The molecule has 0 heterocycles. The molecule has 132 valence electrons. The third kappa shape index (κ3) is 11.5. The third-order valence-corrected chi connectivity index (χ3v) is 4.82. The van der Waals surface area contributed by atoms with Crippen LogP contribution in [0.4, 0.5) is 0 Å². The average molecular weight is 445 g/mol. The molecule has 1 aliphatic rings. The van der Waals surface area contributed by atoms with Gasteiger partial charge in [-0.1, -0.05) is 32.1 Å². The normalized spacial score (nSPS) is 16.9. The topological polar surface area (TPSA) is 70.6 Å². The smallest absolute Gasteiger partial charge is 0.191 e. The molecule has 0 amide bonds. The predicted molar refractivity (Wildman–Crippen MR) is 105 cm³/mol. The van der Waals surface area contributed by atoms with Crippen LogP contribution in [-0.2, 0) is 9.84 Å². The summed E-state index contributed by atoms with van der Waals surface area (Å²) >= 11 is 0. The zero-order valence-electron chi connectivity index (χ0n) is 13.9. The van der Waals surface area contributed by atoms with Crippen molar-refractivity contribution in [3.8, 4) is 0 Å². The van der Waals surface area contributed by atoms with Crippen LogP contribution in [0.2, 0.25) is 0 Å². The molecule has 0 radical (unpaired) electrons. The summed E-state index contributed by atoms with van der Waals surface area (Å²) in [7, 11) is -2.92. The van der Waals surface area contributed by atoms with Crippen molar-refractivity contribution in [1.29, 1.82) is 0 Å². The van der Waals surface area contributed by atoms with Gasteiger partial charge in [-0.3, -0.25) is 4.99 Å². The molecule has 0 saturated heterocycles. The highest BCUT2D eigenvalue weighted by atomic mass is 127. The number of aliphatic imine (C=N–C) groups is 1. The largest absolute Gasteiger partial charge is 0.357 e. The van der Waals surface area contributed by atoms with Crippen LogP contribution in [0.25, 0.3) is 0 Å². The summed E-state index contributed by atoms with van der Waals surface area (Å²) in [6.45, 7) is 4.02. The van der Waals surface area contributed by atoms with Crippen LogP contribution < -0.4 is 10.6 Å². The van der Waals surface area contributed by atoms with Crippen molar-refractivity contribution in [3.63, 3.8) is 0 Å². The Labute approximate surface area is 153 Å². The lowest BCUT2D eigenvalue weighted by molar-refractivity contribution is 0.334. The van der Waals surface area contributed by atoms with Gasteiger partial charge < -0.3 is 10.6 Å². The van der Waals surface area contributed by atoms with Gasteiger partial charge in [-0.2, -0.15) is 0 Å². The van der Waals surface area contributed by atoms with E-state index >= 15 is 0 Å². The molecule has 1 fully saturated rings. The molecular formula is C15H32IN3O2S. The van der Waals surface area contributed by atoms with Crippen molar-refractivity contribution in [1.82, 2.24) is 10.6 Å². The van der Waals surface area contributed by atoms with Crippen LogP contribution in [0.5, 0.6) is 0 Å². The molecule has 0 unspecified atom stereocenters. The minimum absolute atomic E-state index is 0. The monoisotopic (exact) mass is 445 g/mol. The van der Waals surface area contributed by atoms with E-state index in [2.05, 4.69) is 15.6 Å². The minimum Gasteiger partial charge on any atom is -0.357 e. The van der Waals surface area contributed by atoms with Crippen LogP contribution >= 0.6 is 24.0 Å². The summed E-state index contributed by atoms with van der Waals surface area (Å²) in [5.41, 5.74) is 0. The number of nitrogens with one attached hydrogen (secondary N) is 2. The standard InChI is InChI=1S/C15H31N3O2S.HI/c1-3-16-15(18-12-13-21(2,19)20)17-11-7-10-14-8-5-4-6-9-14;/h14H,3-13H2,1-2H3,(H2,16,17,18);1H. The third-order valence-electron chi connectivity index (χ3n) is 3.87. The Morgan fingerprint density at radius 3 is 2.45 bits per heavy atom. The summed E-state index contributed by atoms with van der Waals surface area (Å²) in [5.74, 6) is 1.76. The molecule has 0 bridgehead atoms. The second-order valence-corrected chi connectivity index (χ2v) is 8.22. The molecule has 22 heavy (non-hydrogen) atoms. The summed E-state index contributed by atoms with van der Waals surface area (Å²) in [6.07, 6.45) is 10.6. The number of hydrogen-bond acceptors (Lipinski definition) is 3. The van der Waals surface area contributed by atoms with Gasteiger partial charge in [0.15, 0.2) is 5.96 Å². The van der Waals surface area contributed by atoms with E-state index in [1.165, 1.54) is 44.8 Å². The van der Waals surface area contributed by atoms with Gasteiger partial charge in [-0.15, -0.1) is 24.0 Å². The fourth-order valence-electron chi connectivity index (χ4n) is 2.74. The minimum atomic E-state index is -2.92. The molecule has 1 aliphatic carbocycles. The first-order valence-electron chi connectivity index (χ1n) is 8.21. The molecule has 2 N–H and O–H groups in total. The van der Waals surface area contributed by atoms with Crippen molar-refractivity contribution in [3.05, 3.63) is 0 Å². The fraction of sp³-hybridized carbons (Fsp3) is 0.933. The van der Waals surface area contributed by atoms with E-state index in [9.17, 15) is 8.42 Å². The summed E-state index contributed by atoms with van der Waals surface area (Å²) in [5, 5.41) is 6.23. The number of halogens is 1. The van der Waals surface area contributed by atoms with Gasteiger partial charge in [0.05, 0.1) is 5.75 Å². The van der Waals surface area contributed by atoms with Crippen LogP contribution in [-0.4, -0.2) is 46.0 Å². The first kappa shape index (κ1) is 21.9. The van der Waals surface area contributed by atoms with Crippen LogP contribution in [0.3, 0.4) is 0 Å². The number of sulfone groups is 1. The first-order chi connectivity index (χ1) is 10.0. The highest BCUT2D eigenvalue weighted by Crippen LogP contribution is 2.27. The zero-order valence-corrected chi connectivity index (χ0v) is 17.1. The molecule has 0 aromatic carbocycles. The van der Waals surface area contributed by atoms with E-state index < -0.39 is 9.84 Å². The van der Waals surface area contributed by atoms with E-state index in [0.717, 1.165) is 31.4 Å². The molecular weight excluding hydrogens is 413 g/mol. The Kier molecular flexibility index (Phi) is 12.4. The van der Waals surface area contributed by atoms with Gasteiger partial charge in [0.2, 0.25) is 0 Å². The summed E-state index contributed by atoms with van der Waals surface area (Å²) in [6, 6.07) is 0. The molecule has 0 atom stereocenters. The maximum Gasteiger partial charge on any atom is 0.191 e. The molecule has 1 rings (SSSR count). The Balaban J connectivity index is 0.00000441. The van der Waals surface area contributed by atoms with Gasteiger partial charge in [0, 0.05) is 25.9 Å². The molecule has 5 nitrogen and oxygen atoms in total. The van der Waals surface area contributed by atoms with E-state index in [1.807, 2.05) is 6.92 Å². The van der Waals surface area contributed by atoms with Crippen molar-refractivity contribution in [2.45, 2.75) is 51.9 Å². The van der Waals surface area contributed by atoms with Crippen molar-refractivity contribution in [2.24, 2.45) is 10.9 Å². The number of nitrogens with zero attached hydrogens (tertiary/aromatic N) is 1. The van der Waals surface area contributed by atoms with Crippen molar-refractivity contribution in [2.75, 3.05) is 31.6 Å². The summed E-state index contributed by atoms with van der Waals surface area (Å²) < 4.78 is 22.2. The van der Waals surface area contributed by atoms with Crippen LogP contribution in [0.1, 0.15) is 51.9 Å². The average Bonchev–Trinajstić information content (AvgIpc) is 2.43. The van der Waals surface area contributed by atoms with E-state index in [-0.39, 0.29) is 29.7 Å². The molecule has 0 spiro atoms. The summed E-state index contributed by atoms with van der Waals surface area (Å²) in [4.78, 5) is 4.52. The molecule has 1 saturated carbocycles. The number of rotatable bonds is 8. The van der Waals surface area contributed by atoms with Crippen molar-refractivity contribution < 1.29 is 8.42 Å². The predicted octanol–water partition coefficient (Wildman–Crippen LogP) is 2.56. The van der Waals surface area contributed by atoms with E-state index in [1.54, 1.807) is 0 Å². The Hall–Kier alpha value is -0.0500. The van der Waals surface area contributed by atoms with Gasteiger partial charge in [0.25, 0.3) is 0 Å². The SMILES string of the molecule is CCNC(=NCCCC1CCCCC1)NCCS(C)(=O)=O.I. The van der Waals surface area contributed by atoms with Gasteiger partial charge >= 0.3 is 0 Å². The first-order valence-corrected chi connectivity index (χ1v) is 10.3. The molecule has 0 aromatic heterocycles. The zero-order chi connectivity index (χ0) is 15.6. The highest BCUT2D eigenvalue weighted by Gasteiger charge is 2.12. The van der Waals surface area contributed by atoms with E-state index in [4.69, 9.17) is 0 Å². The fourth-order valence-corrected chi connectivity index (χ4v) is 3.22. The van der Waals surface area contributed by atoms with Crippen LogP contribution in [0, 0.1) is 5.92 Å². The van der Waals surface area contributed by atoms with Crippen molar-refractivity contribution >= 4 is 39.8 Å². The number of hydrogen-bond donors (Lipinski definition) is 2. The molecule has 7 heteroatoms.